The van der Waals surface area contributed by atoms with Gasteiger partial charge in [0.05, 0.1) is 5.69 Å². The summed E-state index contributed by atoms with van der Waals surface area (Å²) < 4.78 is 14.1. The lowest BCUT2D eigenvalue weighted by atomic mass is 10.3. The number of benzene rings is 2. The fraction of sp³-hybridized carbons (Fsp3) is 0. The van der Waals surface area contributed by atoms with E-state index in [0.29, 0.717) is 17.5 Å². The van der Waals surface area contributed by atoms with Gasteiger partial charge in [0.2, 0.25) is 5.95 Å². The normalized spacial score (nSPS) is 10.3. The van der Waals surface area contributed by atoms with Crippen LogP contribution in [0.4, 0.5) is 27.5 Å². The first-order valence-electron chi connectivity index (χ1n) is 6.58. The van der Waals surface area contributed by atoms with Crippen molar-refractivity contribution in [3.8, 4) is 0 Å². The molecule has 0 unspecified atom stereocenters. The van der Waals surface area contributed by atoms with Gasteiger partial charge in [-0.3, -0.25) is 0 Å². The van der Waals surface area contributed by atoms with Crippen molar-refractivity contribution in [3.05, 3.63) is 71.1 Å². The highest BCUT2D eigenvalue weighted by atomic mass is 79.9. The van der Waals surface area contributed by atoms with E-state index in [4.69, 9.17) is 0 Å². The van der Waals surface area contributed by atoms with E-state index in [1.807, 2.05) is 24.3 Å². The highest BCUT2D eigenvalue weighted by molar-refractivity contribution is 9.10. The second-order valence-corrected chi connectivity index (χ2v) is 5.36. The second-order valence-electron chi connectivity index (χ2n) is 4.51. The van der Waals surface area contributed by atoms with Gasteiger partial charge in [-0.2, -0.15) is 4.98 Å². The van der Waals surface area contributed by atoms with Gasteiger partial charge in [0.15, 0.2) is 0 Å². The highest BCUT2D eigenvalue weighted by Gasteiger charge is 2.03. The Kier molecular flexibility index (Phi) is 4.29. The van der Waals surface area contributed by atoms with Gasteiger partial charge in [-0.15, -0.1) is 0 Å². The highest BCUT2D eigenvalue weighted by Crippen LogP contribution is 2.24. The Balaban J connectivity index is 1.79. The first kappa shape index (κ1) is 14.5. The number of para-hydroxylation sites is 1. The predicted molar refractivity (Wildman–Crippen MR) is 89.1 cm³/mol. The molecule has 0 fully saturated rings. The summed E-state index contributed by atoms with van der Waals surface area (Å²) in [6.45, 7) is 0. The predicted octanol–water partition coefficient (Wildman–Crippen LogP) is 4.87. The van der Waals surface area contributed by atoms with E-state index in [1.54, 1.807) is 24.4 Å². The van der Waals surface area contributed by atoms with Crippen molar-refractivity contribution in [1.82, 2.24) is 9.97 Å². The quantitative estimate of drug-likeness (QED) is 0.698. The third-order valence-electron chi connectivity index (χ3n) is 2.87. The summed E-state index contributed by atoms with van der Waals surface area (Å²) in [7, 11) is 0. The average molecular weight is 359 g/mol. The molecule has 0 aliphatic rings. The summed E-state index contributed by atoms with van der Waals surface area (Å²) in [4.78, 5) is 8.54. The fourth-order valence-electron chi connectivity index (χ4n) is 1.89. The summed E-state index contributed by atoms with van der Waals surface area (Å²) in [6.07, 6.45) is 1.63. The summed E-state index contributed by atoms with van der Waals surface area (Å²) in [5.41, 5.74) is 1.50. The van der Waals surface area contributed by atoms with E-state index in [2.05, 4.69) is 36.5 Å². The number of hydrogen-bond acceptors (Lipinski definition) is 4. The van der Waals surface area contributed by atoms with E-state index < -0.39 is 0 Å². The van der Waals surface area contributed by atoms with Crippen LogP contribution >= 0.6 is 15.9 Å². The van der Waals surface area contributed by atoms with Gasteiger partial charge in [-0.1, -0.05) is 18.2 Å². The van der Waals surface area contributed by atoms with Crippen molar-refractivity contribution in [2.24, 2.45) is 0 Å². The molecule has 0 bridgehead atoms. The molecule has 3 aromatic rings. The molecule has 22 heavy (non-hydrogen) atoms. The zero-order valence-corrected chi connectivity index (χ0v) is 13.0. The summed E-state index contributed by atoms with van der Waals surface area (Å²) in [5, 5.41) is 6.17. The lowest BCUT2D eigenvalue weighted by Crippen LogP contribution is -2.00. The maximum absolute atomic E-state index is 13.2. The Bertz CT molecular complexity index is 794. The molecular weight excluding hydrogens is 347 g/mol. The Labute approximate surface area is 135 Å². The minimum absolute atomic E-state index is 0.300. The monoisotopic (exact) mass is 358 g/mol. The number of nitrogens with zero attached hydrogens (tertiary/aromatic N) is 2. The SMILES string of the molecule is Fc1cccc(Nc2ccnc(Nc3ccccc3Br)n2)c1. The zero-order chi connectivity index (χ0) is 15.4. The van der Waals surface area contributed by atoms with Crippen molar-refractivity contribution in [2.75, 3.05) is 10.6 Å². The Morgan fingerprint density at radius 1 is 0.955 bits per heavy atom. The smallest absolute Gasteiger partial charge is 0.229 e. The summed E-state index contributed by atoms with van der Waals surface area (Å²) in [5.74, 6) is 0.731. The van der Waals surface area contributed by atoms with E-state index >= 15 is 0 Å². The molecule has 2 aromatic carbocycles. The minimum atomic E-state index is -0.300. The molecule has 6 heteroatoms. The molecule has 3 rings (SSSR count). The number of nitrogens with one attached hydrogen (secondary N) is 2. The number of rotatable bonds is 4. The van der Waals surface area contributed by atoms with E-state index in [9.17, 15) is 4.39 Å². The van der Waals surface area contributed by atoms with Crippen LogP contribution in [0.25, 0.3) is 0 Å². The molecule has 110 valence electrons. The van der Waals surface area contributed by atoms with Crippen molar-refractivity contribution in [1.29, 1.82) is 0 Å². The summed E-state index contributed by atoms with van der Waals surface area (Å²) >= 11 is 3.46. The molecule has 0 saturated carbocycles. The van der Waals surface area contributed by atoms with E-state index in [0.717, 1.165) is 10.2 Å². The van der Waals surface area contributed by atoms with Crippen molar-refractivity contribution >= 4 is 39.1 Å². The molecule has 0 aliphatic heterocycles. The lowest BCUT2D eigenvalue weighted by Gasteiger charge is -2.09. The average Bonchev–Trinajstić information content (AvgIpc) is 2.50. The summed E-state index contributed by atoms with van der Waals surface area (Å²) in [6, 6.07) is 15.6. The van der Waals surface area contributed by atoms with Crippen molar-refractivity contribution in [2.45, 2.75) is 0 Å². The van der Waals surface area contributed by atoms with Gasteiger partial charge >= 0.3 is 0 Å². The number of hydrogen-bond donors (Lipinski definition) is 2. The molecule has 0 atom stereocenters. The molecule has 0 amide bonds. The standard InChI is InChI=1S/C16H12BrFN4/c17-13-6-1-2-7-14(13)21-16-19-9-8-15(22-16)20-12-5-3-4-11(18)10-12/h1-10H,(H2,19,20,21,22). The molecule has 1 heterocycles. The number of aromatic nitrogens is 2. The van der Waals surface area contributed by atoms with Gasteiger partial charge in [0.1, 0.15) is 11.6 Å². The second kappa shape index (κ2) is 6.53. The van der Waals surface area contributed by atoms with E-state index in [-0.39, 0.29) is 5.82 Å². The molecule has 0 saturated heterocycles. The van der Waals surface area contributed by atoms with Crippen LogP contribution in [0.1, 0.15) is 0 Å². The van der Waals surface area contributed by atoms with Crippen molar-refractivity contribution < 1.29 is 4.39 Å². The molecule has 1 aromatic heterocycles. The number of anilines is 4. The third kappa shape index (κ3) is 3.59. The lowest BCUT2D eigenvalue weighted by molar-refractivity contribution is 0.628. The Morgan fingerprint density at radius 3 is 2.64 bits per heavy atom. The van der Waals surface area contributed by atoms with Crippen LogP contribution in [0.2, 0.25) is 0 Å². The molecule has 0 spiro atoms. The van der Waals surface area contributed by atoms with Crippen LogP contribution in [-0.2, 0) is 0 Å². The van der Waals surface area contributed by atoms with Gasteiger partial charge in [0, 0.05) is 16.4 Å². The van der Waals surface area contributed by atoms with Gasteiger partial charge < -0.3 is 10.6 Å². The molecule has 0 radical (unpaired) electrons. The Hall–Kier alpha value is -2.47. The van der Waals surface area contributed by atoms with Crippen molar-refractivity contribution in [3.63, 3.8) is 0 Å². The third-order valence-corrected chi connectivity index (χ3v) is 3.56. The maximum Gasteiger partial charge on any atom is 0.229 e. The maximum atomic E-state index is 13.2. The first-order chi connectivity index (χ1) is 10.7. The zero-order valence-electron chi connectivity index (χ0n) is 11.4. The van der Waals surface area contributed by atoms with Crippen LogP contribution in [0, 0.1) is 5.82 Å². The van der Waals surface area contributed by atoms with Crippen LogP contribution in [0.5, 0.6) is 0 Å². The first-order valence-corrected chi connectivity index (χ1v) is 7.37. The largest absolute Gasteiger partial charge is 0.340 e. The van der Waals surface area contributed by atoms with E-state index in [1.165, 1.54) is 12.1 Å². The topological polar surface area (TPSA) is 49.8 Å². The van der Waals surface area contributed by atoms with Crippen LogP contribution in [-0.4, -0.2) is 9.97 Å². The molecular formula is C16H12BrFN4. The van der Waals surface area contributed by atoms with Crippen LogP contribution in [0.15, 0.2) is 65.3 Å². The molecule has 2 N–H and O–H groups in total. The van der Waals surface area contributed by atoms with Crippen LogP contribution < -0.4 is 10.6 Å². The Morgan fingerprint density at radius 2 is 1.82 bits per heavy atom. The molecule has 4 nitrogen and oxygen atoms in total. The minimum Gasteiger partial charge on any atom is -0.340 e. The van der Waals surface area contributed by atoms with Crippen LogP contribution in [0.3, 0.4) is 0 Å². The fourth-order valence-corrected chi connectivity index (χ4v) is 2.27. The molecule has 0 aliphatic carbocycles. The van der Waals surface area contributed by atoms with Gasteiger partial charge in [-0.05, 0) is 52.3 Å². The van der Waals surface area contributed by atoms with Gasteiger partial charge in [-0.25, -0.2) is 9.37 Å². The number of halogens is 2. The van der Waals surface area contributed by atoms with Gasteiger partial charge in [0.25, 0.3) is 0 Å².